The van der Waals surface area contributed by atoms with Crippen LogP contribution in [0.5, 0.6) is 0 Å². The molecule has 1 aliphatic carbocycles. The Labute approximate surface area is 89.0 Å². The summed E-state index contributed by atoms with van der Waals surface area (Å²) in [5.74, 6) is 1.24. The van der Waals surface area contributed by atoms with Gasteiger partial charge in [-0.1, -0.05) is 0 Å². The lowest BCUT2D eigenvalue weighted by molar-refractivity contribution is -0.141. The Morgan fingerprint density at radius 2 is 2.20 bits per heavy atom. The maximum absolute atomic E-state index is 11.3. The normalized spacial score (nSPS) is 24.5. The van der Waals surface area contributed by atoms with E-state index in [0.717, 1.165) is 6.42 Å². The van der Waals surface area contributed by atoms with E-state index in [2.05, 4.69) is 11.2 Å². The largest absolute Gasteiger partial charge is 0.481 e. The van der Waals surface area contributed by atoms with Crippen LogP contribution in [0.1, 0.15) is 32.1 Å². The standard InChI is InChI=1S/C11H15NO3/c1-2-3-4-10(13)12-9-6-5-8(7-9)11(14)15/h1,8-9H,3-7H2,(H,12,13)(H,14,15). The number of aliphatic carboxylic acids is 1. The molecule has 82 valence electrons. The topological polar surface area (TPSA) is 66.4 Å². The molecule has 0 aromatic heterocycles. The summed E-state index contributed by atoms with van der Waals surface area (Å²) in [7, 11) is 0. The second-order valence-corrected chi connectivity index (χ2v) is 3.82. The second kappa shape index (κ2) is 5.40. The van der Waals surface area contributed by atoms with Crippen molar-refractivity contribution in [1.29, 1.82) is 0 Å². The first kappa shape index (κ1) is 11.6. The molecular formula is C11H15NO3. The Morgan fingerprint density at radius 1 is 1.47 bits per heavy atom. The van der Waals surface area contributed by atoms with E-state index in [0.29, 0.717) is 25.7 Å². The van der Waals surface area contributed by atoms with Crippen molar-refractivity contribution in [3.63, 3.8) is 0 Å². The molecule has 4 heteroatoms. The molecule has 2 unspecified atom stereocenters. The van der Waals surface area contributed by atoms with Gasteiger partial charge in [0, 0.05) is 18.9 Å². The van der Waals surface area contributed by atoms with Gasteiger partial charge in [0.1, 0.15) is 0 Å². The van der Waals surface area contributed by atoms with E-state index >= 15 is 0 Å². The lowest BCUT2D eigenvalue weighted by Gasteiger charge is -2.11. The Bertz CT molecular complexity index is 293. The smallest absolute Gasteiger partial charge is 0.306 e. The molecule has 0 radical (unpaired) electrons. The van der Waals surface area contributed by atoms with Gasteiger partial charge in [-0.3, -0.25) is 9.59 Å². The minimum Gasteiger partial charge on any atom is -0.481 e. The summed E-state index contributed by atoms with van der Waals surface area (Å²) >= 11 is 0. The molecule has 0 saturated heterocycles. The summed E-state index contributed by atoms with van der Waals surface area (Å²) in [6, 6.07) is 0.0105. The first-order chi connectivity index (χ1) is 7.13. The molecule has 1 saturated carbocycles. The highest BCUT2D eigenvalue weighted by molar-refractivity contribution is 5.77. The highest BCUT2D eigenvalue weighted by Crippen LogP contribution is 2.25. The number of carboxylic acid groups (broad SMARTS) is 1. The van der Waals surface area contributed by atoms with E-state index in [-0.39, 0.29) is 17.9 Å². The number of hydrogen-bond acceptors (Lipinski definition) is 2. The van der Waals surface area contributed by atoms with Gasteiger partial charge < -0.3 is 10.4 Å². The van der Waals surface area contributed by atoms with Crippen LogP contribution in [0, 0.1) is 18.3 Å². The molecule has 0 spiro atoms. The van der Waals surface area contributed by atoms with Crippen LogP contribution in [0.15, 0.2) is 0 Å². The first-order valence-corrected chi connectivity index (χ1v) is 5.09. The van der Waals surface area contributed by atoms with E-state index in [1.807, 2.05) is 0 Å². The molecule has 1 amide bonds. The van der Waals surface area contributed by atoms with E-state index in [1.54, 1.807) is 0 Å². The number of carboxylic acids is 1. The van der Waals surface area contributed by atoms with Crippen molar-refractivity contribution in [2.45, 2.75) is 38.1 Å². The average molecular weight is 209 g/mol. The Kier molecular flexibility index (Phi) is 4.17. The van der Waals surface area contributed by atoms with Gasteiger partial charge in [0.25, 0.3) is 0 Å². The van der Waals surface area contributed by atoms with Crippen molar-refractivity contribution in [3.05, 3.63) is 0 Å². The molecule has 4 nitrogen and oxygen atoms in total. The number of hydrogen-bond donors (Lipinski definition) is 2. The number of terminal acetylenes is 1. The van der Waals surface area contributed by atoms with Crippen LogP contribution in [-0.2, 0) is 9.59 Å². The molecule has 15 heavy (non-hydrogen) atoms. The van der Waals surface area contributed by atoms with Gasteiger partial charge in [-0.05, 0) is 19.3 Å². The van der Waals surface area contributed by atoms with Crippen LogP contribution in [0.25, 0.3) is 0 Å². The van der Waals surface area contributed by atoms with Crippen LogP contribution < -0.4 is 5.32 Å². The number of carbonyl (C=O) groups is 2. The van der Waals surface area contributed by atoms with Crippen LogP contribution in [0.4, 0.5) is 0 Å². The van der Waals surface area contributed by atoms with Crippen LogP contribution in [-0.4, -0.2) is 23.0 Å². The highest BCUT2D eigenvalue weighted by Gasteiger charge is 2.30. The summed E-state index contributed by atoms with van der Waals surface area (Å²) in [6.07, 6.45) is 7.73. The van der Waals surface area contributed by atoms with Crippen molar-refractivity contribution in [2.75, 3.05) is 0 Å². The Morgan fingerprint density at radius 3 is 2.73 bits per heavy atom. The van der Waals surface area contributed by atoms with E-state index in [1.165, 1.54) is 0 Å². The molecular weight excluding hydrogens is 194 g/mol. The van der Waals surface area contributed by atoms with Gasteiger partial charge in [-0.15, -0.1) is 12.3 Å². The number of rotatable bonds is 4. The number of amides is 1. The van der Waals surface area contributed by atoms with E-state index < -0.39 is 5.97 Å². The minimum atomic E-state index is -0.768. The maximum atomic E-state index is 11.3. The van der Waals surface area contributed by atoms with Crippen molar-refractivity contribution in [3.8, 4) is 12.3 Å². The third kappa shape index (κ3) is 3.62. The van der Waals surface area contributed by atoms with Gasteiger partial charge in [-0.25, -0.2) is 0 Å². The van der Waals surface area contributed by atoms with Crippen molar-refractivity contribution < 1.29 is 14.7 Å². The highest BCUT2D eigenvalue weighted by atomic mass is 16.4. The molecule has 2 atom stereocenters. The van der Waals surface area contributed by atoms with Crippen molar-refractivity contribution >= 4 is 11.9 Å². The SMILES string of the molecule is C#CCCC(=O)NC1CCC(C(=O)O)C1. The predicted molar refractivity (Wildman–Crippen MR) is 55.0 cm³/mol. The summed E-state index contributed by atoms with van der Waals surface area (Å²) in [5.41, 5.74) is 0. The summed E-state index contributed by atoms with van der Waals surface area (Å²) in [6.45, 7) is 0. The van der Waals surface area contributed by atoms with Gasteiger partial charge in [-0.2, -0.15) is 0 Å². The molecule has 1 aliphatic rings. The third-order valence-corrected chi connectivity index (χ3v) is 2.64. The zero-order valence-corrected chi connectivity index (χ0v) is 8.53. The summed E-state index contributed by atoms with van der Waals surface area (Å²) in [4.78, 5) is 21.9. The van der Waals surface area contributed by atoms with Gasteiger partial charge in [0.15, 0.2) is 0 Å². The van der Waals surface area contributed by atoms with Gasteiger partial charge in [0.2, 0.25) is 5.91 Å². The molecule has 1 rings (SSSR count). The summed E-state index contributed by atoms with van der Waals surface area (Å²) in [5, 5.41) is 11.6. The molecule has 2 N–H and O–H groups in total. The fourth-order valence-corrected chi connectivity index (χ4v) is 1.82. The number of carbonyl (C=O) groups excluding carboxylic acids is 1. The lowest BCUT2D eigenvalue weighted by atomic mass is 10.1. The van der Waals surface area contributed by atoms with Crippen molar-refractivity contribution in [1.82, 2.24) is 5.32 Å². The van der Waals surface area contributed by atoms with E-state index in [9.17, 15) is 9.59 Å². The fourth-order valence-electron chi connectivity index (χ4n) is 1.82. The monoisotopic (exact) mass is 209 g/mol. The average Bonchev–Trinajstić information content (AvgIpc) is 2.63. The second-order valence-electron chi connectivity index (χ2n) is 3.82. The predicted octanol–water partition coefficient (Wildman–Crippen LogP) is 0.769. The molecule has 0 aromatic rings. The molecule has 1 fully saturated rings. The maximum Gasteiger partial charge on any atom is 0.306 e. The number of nitrogens with one attached hydrogen (secondary N) is 1. The minimum absolute atomic E-state index is 0.0105. The Hall–Kier alpha value is -1.50. The lowest BCUT2D eigenvalue weighted by Crippen LogP contribution is -2.33. The molecule has 0 aliphatic heterocycles. The van der Waals surface area contributed by atoms with E-state index in [4.69, 9.17) is 11.5 Å². The molecule has 0 bridgehead atoms. The first-order valence-electron chi connectivity index (χ1n) is 5.09. The zero-order valence-electron chi connectivity index (χ0n) is 8.53. The molecule has 0 aromatic carbocycles. The van der Waals surface area contributed by atoms with Crippen LogP contribution in [0.2, 0.25) is 0 Å². The summed E-state index contributed by atoms with van der Waals surface area (Å²) < 4.78 is 0. The van der Waals surface area contributed by atoms with Crippen LogP contribution >= 0.6 is 0 Å². The van der Waals surface area contributed by atoms with Crippen molar-refractivity contribution in [2.24, 2.45) is 5.92 Å². The van der Waals surface area contributed by atoms with Crippen LogP contribution in [0.3, 0.4) is 0 Å². The molecule has 0 heterocycles. The fraction of sp³-hybridized carbons (Fsp3) is 0.636. The Balaban J connectivity index is 2.27. The van der Waals surface area contributed by atoms with Gasteiger partial charge in [0.05, 0.1) is 5.92 Å². The quantitative estimate of drug-likeness (QED) is 0.672. The third-order valence-electron chi connectivity index (χ3n) is 2.64. The zero-order chi connectivity index (χ0) is 11.3. The van der Waals surface area contributed by atoms with Gasteiger partial charge >= 0.3 is 5.97 Å².